The molecule has 0 amide bonds. The molecule has 0 bridgehead atoms. The van der Waals surface area contributed by atoms with Gasteiger partial charge in [-0.1, -0.05) is 0 Å². The molecule has 2 aromatic rings. The predicted octanol–water partition coefficient (Wildman–Crippen LogP) is 1.84. The fourth-order valence-corrected chi connectivity index (χ4v) is 1.97. The van der Waals surface area contributed by atoms with Crippen molar-refractivity contribution in [3.05, 3.63) is 36.0 Å². The van der Waals surface area contributed by atoms with Crippen molar-refractivity contribution in [1.82, 2.24) is 9.47 Å². The third kappa shape index (κ3) is 2.52. The Balaban J connectivity index is 2.21. The minimum atomic E-state index is -0.828. The van der Waals surface area contributed by atoms with Gasteiger partial charge in [-0.2, -0.15) is 0 Å². The average Bonchev–Trinajstić information content (AvgIpc) is 2.75. The molecule has 18 heavy (non-hydrogen) atoms. The molecule has 0 aliphatic heterocycles. The van der Waals surface area contributed by atoms with E-state index >= 15 is 0 Å². The third-order valence-electron chi connectivity index (χ3n) is 3.03. The second-order valence-corrected chi connectivity index (χ2v) is 4.34. The Kier molecular flexibility index (Phi) is 3.93. The van der Waals surface area contributed by atoms with Gasteiger partial charge in [0.05, 0.1) is 12.1 Å². The zero-order chi connectivity index (χ0) is 13.1. The van der Waals surface area contributed by atoms with Crippen LogP contribution >= 0.6 is 0 Å². The van der Waals surface area contributed by atoms with Crippen LogP contribution in [-0.2, 0) is 6.54 Å². The average molecular weight is 254 g/mol. The van der Waals surface area contributed by atoms with Crippen LogP contribution in [0.1, 0.15) is 0 Å². The van der Waals surface area contributed by atoms with E-state index in [1.807, 2.05) is 11.9 Å². The van der Waals surface area contributed by atoms with Crippen molar-refractivity contribution in [2.24, 2.45) is 0 Å². The van der Waals surface area contributed by atoms with Crippen molar-refractivity contribution >= 4 is 10.9 Å². The summed E-state index contributed by atoms with van der Waals surface area (Å²) in [4.78, 5) is 1.93. The highest BCUT2D eigenvalue weighted by Gasteiger charge is 2.11. The third-order valence-corrected chi connectivity index (χ3v) is 3.03. The fraction of sp³-hybridized carbons (Fsp3) is 0.385. The number of rotatable bonds is 5. The van der Waals surface area contributed by atoms with Gasteiger partial charge in [0.1, 0.15) is 0 Å². The topological polar surface area (TPSA) is 28.4 Å². The van der Waals surface area contributed by atoms with E-state index in [1.165, 1.54) is 0 Å². The Morgan fingerprint density at radius 2 is 2.00 bits per heavy atom. The number of fused-ring (bicyclic) bond motifs is 1. The zero-order valence-electron chi connectivity index (χ0n) is 10.2. The number of aromatic nitrogens is 1. The van der Waals surface area contributed by atoms with Crippen LogP contribution in [-0.4, -0.2) is 41.3 Å². The molecule has 0 atom stereocenters. The summed E-state index contributed by atoms with van der Waals surface area (Å²) in [7, 11) is 1.87. The highest BCUT2D eigenvalue weighted by molar-refractivity contribution is 5.80. The standard InChI is InChI=1S/C13H16F2N2O/c1-16(8-9-18)6-7-17-5-4-10-2-3-11(14)12(15)13(10)17/h2-5,18H,6-9H2,1H3. The molecule has 0 saturated carbocycles. The van der Waals surface area contributed by atoms with E-state index in [-0.39, 0.29) is 6.61 Å². The summed E-state index contributed by atoms with van der Waals surface area (Å²) in [5.41, 5.74) is 0.299. The van der Waals surface area contributed by atoms with Crippen LogP contribution in [0.25, 0.3) is 10.9 Å². The van der Waals surface area contributed by atoms with Gasteiger partial charge in [-0.3, -0.25) is 0 Å². The molecule has 0 radical (unpaired) electrons. The number of benzene rings is 1. The van der Waals surface area contributed by atoms with Crippen LogP contribution in [0.5, 0.6) is 0 Å². The number of hydrogen-bond donors (Lipinski definition) is 1. The number of aliphatic hydroxyl groups is 1. The first-order valence-corrected chi connectivity index (χ1v) is 5.85. The van der Waals surface area contributed by atoms with Gasteiger partial charge in [0.15, 0.2) is 11.6 Å². The maximum atomic E-state index is 13.7. The summed E-state index contributed by atoms with van der Waals surface area (Å²) in [6.45, 7) is 1.88. The lowest BCUT2D eigenvalue weighted by Gasteiger charge is -2.16. The van der Waals surface area contributed by atoms with E-state index in [9.17, 15) is 8.78 Å². The largest absolute Gasteiger partial charge is 0.395 e. The van der Waals surface area contributed by atoms with Gasteiger partial charge >= 0.3 is 0 Å². The summed E-state index contributed by atoms with van der Waals surface area (Å²) in [6, 6.07) is 4.48. The first kappa shape index (κ1) is 13.0. The number of nitrogens with zero attached hydrogens (tertiary/aromatic N) is 2. The van der Waals surface area contributed by atoms with Crippen molar-refractivity contribution in [1.29, 1.82) is 0 Å². The summed E-state index contributed by atoms with van der Waals surface area (Å²) < 4.78 is 28.6. The molecule has 0 unspecified atom stereocenters. The maximum Gasteiger partial charge on any atom is 0.183 e. The van der Waals surface area contributed by atoms with Crippen LogP contribution in [0, 0.1) is 11.6 Å². The molecule has 0 fully saturated rings. The minimum Gasteiger partial charge on any atom is -0.395 e. The number of halogens is 2. The lowest BCUT2D eigenvalue weighted by Crippen LogP contribution is -2.26. The quantitative estimate of drug-likeness (QED) is 0.882. The van der Waals surface area contributed by atoms with Crippen LogP contribution in [0.2, 0.25) is 0 Å². The normalized spacial score (nSPS) is 11.6. The van der Waals surface area contributed by atoms with Gasteiger partial charge < -0.3 is 14.6 Å². The highest BCUT2D eigenvalue weighted by atomic mass is 19.2. The second-order valence-electron chi connectivity index (χ2n) is 4.34. The van der Waals surface area contributed by atoms with Crippen molar-refractivity contribution in [2.75, 3.05) is 26.7 Å². The first-order valence-electron chi connectivity index (χ1n) is 5.85. The van der Waals surface area contributed by atoms with Crippen molar-refractivity contribution in [2.45, 2.75) is 6.54 Å². The Morgan fingerprint density at radius 1 is 1.22 bits per heavy atom. The highest BCUT2D eigenvalue weighted by Crippen LogP contribution is 2.21. The first-order chi connectivity index (χ1) is 8.63. The second kappa shape index (κ2) is 5.46. The molecule has 1 N–H and O–H groups in total. The predicted molar refractivity (Wildman–Crippen MR) is 66.4 cm³/mol. The Morgan fingerprint density at radius 3 is 2.72 bits per heavy atom. The molecule has 3 nitrogen and oxygen atoms in total. The minimum absolute atomic E-state index is 0.0892. The van der Waals surface area contributed by atoms with E-state index in [0.29, 0.717) is 30.5 Å². The number of aliphatic hydroxyl groups excluding tert-OH is 1. The Bertz CT molecular complexity index is 539. The van der Waals surface area contributed by atoms with Gasteiger partial charge in [0, 0.05) is 31.2 Å². The molecule has 0 aliphatic carbocycles. The summed E-state index contributed by atoms with van der Waals surface area (Å²) in [5, 5.41) is 9.48. The van der Waals surface area contributed by atoms with Crippen molar-refractivity contribution < 1.29 is 13.9 Å². The van der Waals surface area contributed by atoms with Crippen molar-refractivity contribution in [3.63, 3.8) is 0 Å². The van der Waals surface area contributed by atoms with E-state index in [0.717, 1.165) is 6.07 Å². The van der Waals surface area contributed by atoms with Gasteiger partial charge in [0.25, 0.3) is 0 Å². The summed E-state index contributed by atoms with van der Waals surface area (Å²) >= 11 is 0. The molecule has 0 spiro atoms. The molecule has 1 aromatic carbocycles. The van der Waals surface area contributed by atoms with E-state index in [1.54, 1.807) is 22.9 Å². The monoisotopic (exact) mass is 254 g/mol. The van der Waals surface area contributed by atoms with Gasteiger partial charge in [-0.25, -0.2) is 8.78 Å². The zero-order valence-corrected chi connectivity index (χ0v) is 10.2. The molecule has 0 aliphatic rings. The van der Waals surface area contributed by atoms with Crippen LogP contribution in [0.4, 0.5) is 8.78 Å². The van der Waals surface area contributed by atoms with E-state index < -0.39 is 11.6 Å². The summed E-state index contributed by atoms with van der Waals surface area (Å²) in [5.74, 6) is -1.63. The number of likely N-dealkylation sites (N-methyl/N-ethyl adjacent to an activating group) is 1. The van der Waals surface area contributed by atoms with E-state index in [2.05, 4.69) is 0 Å². The fourth-order valence-electron chi connectivity index (χ4n) is 1.97. The lowest BCUT2D eigenvalue weighted by molar-refractivity contribution is 0.217. The molecule has 1 aromatic heterocycles. The van der Waals surface area contributed by atoms with Crippen LogP contribution in [0.3, 0.4) is 0 Å². The van der Waals surface area contributed by atoms with E-state index in [4.69, 9.17) is 5.11 Å². The molecule has 0 saturated heterocycles. The SMILES string of the molecule is CN(CCO)CCn1ccc2ccc(F)c(F)c21. The van der Waals surface area contributed by atoms with Crippen molar-refractivity contribution in [3.8, 4) is 0 Å². The number of hydrogen-bond acceptors (Lipinski definition) is 2. The molecule has 98 valence electrons. The van der Waals surface area contributed by atoms with Gasteiger partial charge in [-0.05, 0) is 25.2 Å². The van der Waals surface area contributed by atoms with Crippen LogP contribution < -0.4 is 0 Å². The Hall–Kier alpha value is -1.46. The van der Waals surface area contributed by atoms with Gasteiger partial charge in [0.2, 0.25) is 0 Å². The maximum absolute atomic E-state index is 13.7. The molecular weight excluding hydrogens is 238 g/mol. The van der Waals surface area contributed by atoms with Gasteiger partial charge in [-0.15, -0.1) is 0 Å². The smallest absolute Gasteiger partial charge is 0.183 e. The van der Waals surface area contributed by atoms with Crippen LogP contribution in [0.15, 0.2) is 24.4 Å². The summed E-state index contributed by atoms with van der Waals surface area (Å²) in [6.07, 6.45) is 1.75. The Labute approximate surface area is 104 Å². The molecule has 2 rings (SSSR count). The molecular formula is C13H16F2N2O. The molecule has 1 heterocycles. The lowest BCUT2D eigenvalue weighted by atomic mass is 10.2. The molecule has 5 heteroatoms.